The van der Waals surface area contributed by atoms with Crippen LogP contribution in [0.25, 0.3) is 0 Å². The standard InChI is InChI=1S/C24H28ClN7O5S2/c25-19-15(29-24(27)39-19)16(30-37-11-7-2-1-4-8-26)20(33)28-17-21(34)32-18(23(35)36)14(13-38-22(17)32)12-31-9-5-3-6-10-31/h3,5-6,9-10,17,22H,1-2,4,7-8,11-13,26H2,(H3-,27,28,29,33,35,36)/b30-16-/t17-,22-/m1/s1. The minimum absolute atomic E-state index is 0.0391. The van der Waals surface area contributed by atoms with Crippen LogP contribution in [0.15, 0.2) is 47.0 Å². The summed E-state index contributed by atoms with van der Waals surface area (Å²) in [6, 6.07) is 4.51. The summed E-state index contributed by atoms with van der Waals surface area (Å²) in [7, 11) is 0. The predicted octanol–water partition coefficient (Wildman–Crippen LogP) is 0.0101. The number of rotatable bonds is 13. The van der Waals surface area contributed by atoms with E-state index in [1.165, 1.54) is 11.8 Å². The highest BCUT2D eigenvalue weighted by atomic mass is 35.5. The first-order valence-corrected chi connectivity index (χ1v) is 14.5. The van der Waals surface area contributed by atoms with Gasteiger partial charge in [0.15, 0.2) is 29.8 Å². The molecule has 0 unspecified atom stereocenters. The summed E-state index contributed by atoms with van der Waals surface area (Å²) in [6.45, 7) is 1.17. The van der Waals surface area contributed by atoms with Gasteiger partial charge in [-0.3, -0.25) is 14.5 Å². The fourth-order valence-corrected chi connectivity index (χ4v) is 6.46. The van der Waals surface area contributed by atoms with Crippen molar-refractivity contribution < 1.29 is 28.9 Å². The third-order valence-electron chi connectivity index (χ3n) is 6.07. The number of nitrogens with two attached hydrogens (primary N) is 2. The minimum atomic E-state index is -1.45. The number of unbranched alkanes of at least 4 members (excludes halogenated alkanes) is 3. The fourth-order valence-electron chi connectivity index (χ4n) is 4.19. The average Bonchev–Trinajstić information content (AvgIpc) is 3.25. The zero-order valence-corrected chi connectivity index (χ0v) is 23.3. The number of oxime groups is 1. The Morgan fingerprint density at radius 1 is 1.26 bits per heavy atom. The van der Waals surface area contributed by atoms with Gasteiger partial charge in [-0.05, 0) is 25.8 Å². The average molecular weight is 594 g/mol. The Morgan fingerprint density at radius 2 is 2.00 bits per heavy atom. The van der Waals surface area contributed by atoms with Crippen molar-refractivity contribution >= 4 is 63.3 Å². The number of halogens is 1. The van der Waals surface area contributed by atoms with Crippen LogP contribution in [0.1, 0.15) is 31.4 Å². The van der Waals surface area contributed by atoms with Crippen LogP contribution in [-0.2, 0) is 25.8 Å². The van der Waals surface area contributed by atoms with E-state index in [1.54, 1.807) is 12.4 Å². The number of nitrogen functional groups attached to an aromatic ring is 1. The molecule has 1 saturated heterocycles. The van der Waals surface area contributed by atoms with Crippen molar-refractivity contribution in [1.29, 1.82) is 0 Å². The lowest BCUT2D eigenvalue weighted by Gasteiger charge is -2.50. The monoisotopic (exact) mass is 593 g/mol. The lowest BCUT2D eigenvalue weighted by atomic mass is 10.0. The third kappa shape index (κ3) is 6.69. The van der Waals surface area contributed by atoms with E-state index in [1.807, 2.05) is 22.8 Å². The van der Waals surface area contributed by atoms with E-state index < -0.39 is 29.2 Å². The van der Waals surface area contributed by atoms with Gasteiger partial charge >= 0.3 is 0 Å². The summed E-state index contributed by atoms with van der Waals surface area (Å²) < 4.78 is 1.96. The van der Waals surface area contributed by atoms with Gasteiger partial charge in [-0.15, -0.1) is 11.8 Å². The highest BCUT2D eigenvalue weighted by molar-refractivity contribution is 8.00. The molecular weight excluding hydrogens is 566 g/mol. The molecule has 4 heterocycles. The number of aliphatic carboxylic acids is 1. The van der Waals surface area contributed by atoms with E-state index in [-0.39, 0.29) is 39.7 Å². The van der Waals surface area contributed by atoms with E-state index in [0.717, 1.165) is 35.5 Å². The molecule has 12 nitrogen and oxygen atoms in total. The second-order valence-corrected chi connectivity index (χ2v) is 11.5. The molecule has 208 valence electrons. The molecule has 5 N–H and O–H groups in total. The molecular formula is C24H28ClN7O5S2. The maximum Gasteiger partial charge on any atom is 0.276 e. The molecule has 39 heavy (non-hydrogen) atoms. The Balaban J connectivity index is 1.47. The number of nitrogens with one attached hydrogen (secondary N) is 1. The smallest absolute Gasteiger partial charge is 0.276 e. The van der Waals surface area contributed by atoms with Crippen molar-refractivity contribution in [2.24, 2.45) is 10.9 Å². The van der Waals surface area contributed by atoms with Crippen molar-refractivity contribution in [3.63, 3.8) is 0 Å². The number of thioether (sulfide) groups is 1. The number of β-lactam (4-membered cyclic amide) rings is 1. The zero-order chi connectivity index (χ0) is 27.9. The molecule has 4 rings (SSSR count). The van der Waals surface area contributed by atoms with E-state index in [4.69, 9.17) is 27.9 Å². The van der Waals surface area contributed by atoms with Crippen LogP contribution in [0.4, 0.5) is 5.13 Å². The SMILES string of the molecule is NCCCCCCO/N=C(\C(=O)N[C@@H]1C(=O)N2C(C(=O)[O-])=C(C[n+]3ccccc3)CS[C@H]12)c1nc(N)sc1Cl. The van der Waals surface area contributed by atoms with Gasteiger partial charge in [0.2, 0.25) is 0 Å². The molecule has 2 aliphatic rings. The first kappa shape index (κ1) is 28.8. The van der Waals surface area contributed by atoms with E-state index >= 15 is 0 Å². The number of fused-ring (bicyclic) bond motifs is 1. The van der Waals surface area contributed by atoms with Crippen LogP contribution in [-0.4, -0.2) is 63.7 Å². The van der Waals surface area contributed by atoms with Crippen LogP contribution in [0, 0.1) is 0 Å². The first-order valence-electron chi connectivity index (χ1n) is 12.3. The maximum atomic E-state index is 13.3. The van der Waals surface area contributed by atoms with Crippen LogP contribution < -0.4 is 26.5 Å². The number of nitrogens with zero attached hydrogens (tertiary/aromatic N) is 4. The van der Waals surface area contributed by atoms with E-state index in [9.17, 15) is 19.5 Å². The van der Waals surface area contributed by atoms with Crippen LogP contribution in [0.5, 0.6) is 0 Å². The number of aromatic nitrogens is 2. The van der Waals surface area contributed by atoms with Crippen LogP contribution in [0.2, 0.25) is 4.34 Å². The number of carboxylic acid groups (broad SMARTS) is 1. The Labute approximate surface area is 238 Å². The number of thiazole rings is 1. The molecule has 2 aromatic heterocycles. The molecule has 0 bridgehead atoms. The van der Waals surface area contributed by atoms with Crippen molar-refractivity contribution in [1.82, 2.24) is 15.2 Å². The molecule has 0 spiro atoms. The molecule has 2 aliphatic heterocycles. The highest BCUT2D eigenvalue weighted by Gasteiger charge is 2.53. The summed E-state index contributed by atoms with van der Waals surface area (Å²) in [5.74, 6) is -2.42. The molecule has 2 amide bonds. The molecule has 0 saturated carbocycles. The third-order valence-corrected chi connectivity index (χ3v) is 8.49. The summed E-state index contributed by atoms with van der Waals surface area (Å²) >= 11 is 8.55. The van der Waals surface area contributed by atoms with Crippen LogP contribution >= 0.6 is 34.7 Å². The number of hydrogen-bond donors (Lipinski definition) is 3. The van der Waals surface area contributed by atoms with Crippen molar-refractivity contribution in [3.8, 4) is 0 Å². The number of amides is 2. The normalized spacial score (nSPS) is 19.0. The highest BCUT2D eigenvalue weighted by Crippen LogP contribution is 2.40. The number of carbonyl (C=O) groups excluding carboxylic acids is 3. The van der Waals surface area contributed by atoms with E-state index in [0.29, 0.717) is 24.3 Å². The van der Waals surface area contributed by atoms with Crippen molar-refractivity contribution in [2.75, 3.05) is 24.6 Å². The van der Waals surface area contributed by atoms with Crippen molar-refractivity contribution in [2.45, 2.75) is 43.6 Å². The largest absolute Gasteiger partial charge is 0.543 e. The predicted molar refractivity (Wildman–Crippen MR) is 145 cm³/mol. The summed E-state index contributed by atoms with van der Waals surface area (Å²) in [5, 5.41) is 18.2. The maximum absolute atomic E-state index is 13.3. The number of anilines is 1. The summed E-state index contributed by atoms with van der Waals surface area (Å²) in [6.07, 6.45) is 7.08. The van der Waals surface area contributed by atoms with Gasteiger partial charge in [0.25, 0.3) is 11.8 Å². The first-order chi connectivity index (χ1) is 18.8. The second kappa shape index (κ2) is 13.2. The molecule has 0 radical (unpaired) electrons. The second-order valence-electron chi connectivity index (χ2n) is 8.80. The Morgan fingerprint density at radius 3 is 2.67 bits per heavy atom. The topological polar surface area (TPSA) is 180 Å². The summed E-state index contributed by atoms with van der Waals surface area (Å²) in [5.41, 5.74) is 11.4. The lowest BCUT2D eigenvalue weighted by molar-refractivity contribution is -0.689. The lowest BCUT2D eigenvalue weighted by Crippen LogP contribution is -2.71. The molecule has 0 aliphatic carbocycles. The number of carbonyl (C=O) groups is 3. The number of carboxylic acids is 1. The van der Waals surface area contributed by atoms with Gasteiger partial charge < -0.3 is 31.5 Å². The van der Waals surface area contributed by atoms with Crippen LogP contribution in [0.3, 0.4) is 0 Å². The Bertz CT molecular complexity index is 1290. The number of pyridine rings is 1. The van der Waals surface area contributed by atoms with E-state index in [2.05, 4.69) is 15.5 Å². The quantitative estimate of drug-likeness (QED) is 0.0947. The summed E-state index contributed by atoms with van der Waals surface area (Å²) in [4.78, 5) is 49.0. The Hall–Kier alpha value is -3.20. The molecule has 2 aromatic rings. The minimum Gasteiger partial charge on any atom is -0.543 e. The van der Waals surface area contributed by atoms with Crippen molar-refractivity contribution in [3.05, 3.63) is 51.9 Å². The Kier molecular flexibility index (Phi) is 9.78. The van der Waals surface area contributed by atoms with Gasteiger partial charge in [-0.25, -0.2) is 9.55 Å². The van der Waals surface area contributed by atoms with Gasteiger partial charge in [0, 0.05) is 23.5 Å². The van der Waals surface area contributed by atoms with Gasteiger partial charge in [0.05, 0.1) is 11.7 Å². The van der Waals surface area contributed by atoms with Gasteiger partial charge in [-0.1, -0.05) is 40.6 Å². The number of hydrogen-bond acceptors (Lipinski definition) is 11. The molecule has 0 aromatic carbocycles. The van der Waals surface area contributed by atoms with Gasteiger partial charge in [-0.2, -0.15) is 0 Å². The zero-order valence-electron chi connectivity index (χ0n) is 20.9. The fraction of sp³-hybridized carbons (Fsp3) is 0.417. The van der Waals surface area contributed by atoms with Gasteiger partial charge in [0.1, 0.15) is 28.1 Å². The molecule has 2 atom stereocenters. The molecule has 1 fully saturated rings. The molecule has 15 heteroatoms.